The molecule has 0 bridgehead atoms. The standard InChI is InChI=1S/C14H11N3O2S.ClH/c18-13-8-20-12-4-3-10(6-11(12)17-13)16-14(19)9-2-1-5-15-7-9;/h1-7H,8H2,(H,16,19)(H,17,18);1H. The van der Waals surface area contributed by atoms with Crippen LogP contribution >= 0.6 is 24.2 Å². The molecule has 0 atom stereocenters. The molecule has 1 aromatic heterocycles. The molecule has 1 aliphatic rings. The van der Waals surface area contributed by atoms with Gasteiger partial charge in [-0.2, -0.15) is 0 Å². The molecule has 21 heavy (non-hydrogen) atoms. The molecule has 3 rings (SSSR count). The topological polar surface area (TPSA) is 71.1 Å². The zero-order valence-corrected chi connectivity index (χ0v) is 12.5. The minimum Gasteiger partial charge on any atom is -0.324 e. The number of fused-ring (bicyclic) bond motifs is 1. The first-order chi connectivity index (χ1) is 9.72. The molecule has 7 heteroatoms. The molecule has 108 valence electrons. The quantitative estimate of drug-likeness (QED) is 0.892. The van der Waals surface area contributed by atoms with E-state index in [4.69, 9.17) is 0 Å². The molecule has 0 radical (unpaired) electrons. The van der Waals surface area contributed by atoms with E-state index in [9.17, 15) is 9.59 Å². The number of carbonyl (C=O) groups is 2. The maximum Gasteiger partial charge on any atom is 0.257 e. The Morgan fingerprint density at radius 1 is 1.33 bits per heavy atom. The molecular weight excluding hydrogens is 310 g/mol. The van der Waals surface area contributed by atoms with E-state index in [1.54, 1.807) is 24.4 Å². The molecular formula is C14H12ClN3O2S. The number of aromatic nitrogens is 1. The van der Waals surface area contributed by atoms with Crippen LogP contribution in [0, 0.1) is 0 Å². The SMILES string of the molecule is Cl.O=C1CSc2ccc(NC(=O)c3cccnc3)cc2N1. The van der Waals surface area contributed by atoms with Crippen LogP contribution in [-0.2, 0) is 4.79 Å². The van der Waals surface area contributed by atoms with Crippen LogP contribution in [0.3, 0.4) is 0 Å². The van der Waals surface area contributed by atoms with Gasteiger partial charge in [0.2, 0.25) is 5.91 Å². The van der Waals surface area contributed by atoms with E-state index in [1.807, 2.05) is 12.1 Å². The molecule has 0 saturated carbocycles. The molecule has 2 heterocycles. The largest absolute Gasteiger partial charge is 0.324 e. The highest BCUT2D eigenvalue weighted by atomic mass is 35.5. The van der Waals surface area contributed by atoms with Crippen molar-refractivity contribution in [1.29, 1.82) is 0 Å². The van der Waals surface area contributed by atoms with Crippen LogP contribution < -0.4 is 10.6 Å². The number of pyridine rings is 1. The first kappa shape index (κ1) is 15.3. The average Bonchev–Trinajstić information content (AvgIpc) is 2.47. The van der Waals surface area contributed by atoms with Gasteiger partial charge >= 0.3 is 0 Å². The van der Waals surface area contributed by atoms with E-state index in [2.05, 4.69) is 15.6 Å². The number of halogens is 1. The Morgan fingerprint density at radius 2 is 2.19 bits per heavy atom. The molecule has 5 nitrogen and oxygen atoms in total. The van der Waals surface area contributed by atoms with Gasteiger partial charge in [-0.3, -0.25) is 14.6 Å². The normalized spacial score (nSPS) is 12.7. The molecule has 0 aliphatic carbocycles. The molecule has 0 unspecified atom stereocenters. The first-order valence-electron chi connectivity index (χ1n) is 6.00. The number of nitrogens with zero attached hydrogens (tertiary/aromatic N) is 1. The minimum atomic E-state index is -0.229. The van der Waals surface area contributed by atoms with Gasteiger partial charge in [0.15, 0.2) is 0 Å². The summed E-state index contributed by atoms with van der Waals surface area (Å²) in [6, 6.07) is 8.86. The lowest BCUT2D eigenvalue weighted by Crippen LogP contribution is -2.19. The Morgan fingerprint density at radius 3 is 2.95 bits per heavy atom. The Kier molecular flexibility index (Phi) is 4.82. The second-order valence-corrected chi connectivity index (χ2v) is 5.26. The number of hydrogen-bond donors (Lipinski definition) is 2. The molecule has 0 fully saturated rings. The number of rotatable bonds is 2. The van der Waals surface area contributed by atoms with Crippen molar-refractivity contribution >= 4 is 47.4 Å². The third-order valence-electron chi connectivity index (χ3n) is 2.79. The van der Waals surface area contributed by atoms with Crippen molar-refractivity contribution in [2.24, 2.45) is 0 Å². The summed E-state index contributed by atoms with van der Waals surface area (Å²) in [5.41, 5.74) is 1.86. The summed E-state index contributed by atoms with van der Waals surface area (Å²) in [6.07, 6.45) is 3.12. The lowest BCUT2D eigenvalue weighted by atomic mass is 10.2. The molecule has 1 aromatic carbocycles. The van der Waals surface area contributed by atoms with Gasteiger partial charge in [0.25, 0.3) is 5.91 Å². The highest BCUT2D eigenvalue weighted by Gasteiger charge is 2.16. The fourth-order valence-electron chi connectivity index (χ4n) is 1.86. The van der Waals surface area contributed by atoms with Gasteiger partial charge < -0.3 is 10.6 Å². The van der Waals surface area contributed by atoms with Crippen LogP contribution in [0.25, 0.3) is 0 Å². The van der Waals surface area contributed by atoms with Crippen LogP contribution in [0.1, 0.15) is 10.4 Å². The Hall–Kier alpha value is -2.05. The second-order valence-electron chi connectivity index (χ2n) is 4.24. The fourth-order valence-corrected chi connectivity index (χ4v) is 2.65. The predicted molar refractivity (Wildman–Crippen MR) is 85.2 cm³/mol. The van der Waals surface area contributed by atoms with Crippen molar-refractivity contribution in [3.8, 4) is 0 Å². The minimum absolute atomic E-state index is 0. The summed E-state index contributed by atoms with van der Waals surface area (Å²) in [4.78, 5) is 28.3. The van der Waals surface area contributed by atoms with Crippen molar-refractivity contribution in [1.82, 2.24) is 4.98 Å². The number of nitrogens with one attached hydrogen (secondary N) is 2. The summed E-state index contributed by atoms with van der Waals surface area (Å²) in [7, 11) is 0. The Balaban J connectivity index is 0.00000161. The van der Waals surface area contributed by atoms with Gasteiger partial charge in [-0.05, 0) is 30.3 Å². The fraction of sp³-hybridized carbons (Fsp3) is 0.0714. The molecule has 1 aliphatic heterocycles. The van der Waals surface area contributed by atoms with Gasteiger partial charge in [0.1, 0.15) is 0 Å². The Labute approximate surface area is 131 Å². The number of thioether (sulfide) groups is 1. The van der Waals surface area contributed by atoms with E-state index in [-0.39, 0.29) is 24.2 Å². The number of anilines is 2. The molecule has 0 spiro atoms. The number of hydrogen-bond acceptors (Lipinski definition) is 4. The van der Waals surface area contributed by atoms with Crippen LogP contribution in [0.2, 0.25) is 0 Å². The Bertz CT molecular complexity index is 679. The number of amides is 2. The summed E-state index contributed by atoms with van der Waals surface area (Å²) in [5.74, 6) is 0.167. The van der Waals surface area contributed by atoms with E-state index in [0.717, 1.165) is 10.6 Å². The van der Waals surface area contributed by atoms with Crippen molar-refractivity contribution in [2.45, 2.75) is 4.90 Å². The lowest BCUT2D eigenvalue weighted by Gasteiger charge is -2.17. The number of benzene rings is 1. The zero-order chi connectivity index (χ0) is 13.9. The first-order valence-corrected chi connectivity index (χ1v) is 6.99. The van der Waals surface area contributed by atoms with Crippen molar-refractivity contribution in [3.63, 3.8) is 0 Å². The third-order valence-corrected chi connectivity index (χ3v) is 3.87. The van der Waals surface area contributed by atoms with Crippen LogP contribution in [0.4, 0.5) is 11.4 Å². The number of carbonyl (C=O) groups excluding carboxylic acids is 2. The maximum absolute atomic E-state index is 12.0. The van der Waals surface area contributed by atoms with Crippen molar-refractivity contribution in [2.75, 3.05) is 16.4 Å². The van der Waals surface area contributed by atoms with E-state index < -0.39 is 0 Å². The van der Waals surface area contributed by atoms with E-state index in [0.29, 0.717) is 17.0 Å². The summed E-state index contributed by atoms with van der Waals surface area (Å²) in [6.45, 7) is 0. The van der Waals surface area contributed by atoms with Gasteiger partial charge in [-0.15, -0.1) is 24.2 Å². The zero-order valence-electron chi connectivity index (χ0n) is 10.8. The molecule has 2 N–H and O–H groups in total. The van der Waals surface area contributed by atoms with Crippen molar-refractivity contribution < 1.29 is 9.59 Å². The highest BCUT2D eigenvalue weighted by molar-refractivity contribution is 8.00. The van der Waals surface area contributed by atoms with Gasteiger partial charge in [0, 0.05) is 23.0 Å². The third kappa shape index (κ3) is 3.53. The summed E-state index contributed by atoms with van der Waals surface area (Å²) >= 11 is 1.49. The van der Waals surface area contributed by atoms with E-state index in [1.165, 1.54) is 18.0 Å². The van der Waals surface area contributed by atoms with Gasteiger partial charge in [-0.25, -0.2) is 0 Å². The molecule has 2 amide bonds. The van der Waals surface area contributed by atoms with Crippen LogP contribution in [0.15, 0.2) is 47.6 Å². The monoisotopic (exact) mass is 321 g/mol. The molecule has 2 aromatic rings. The van der Waals surface area contributed by atoms with Crippen molar-refractivity contribution in [3.05, 3.63) is 48.3 Å². The second kappa shape index (κ2) is 6.60. The highest BCUT2D eigenvalue weighted by Crippen LogP contribution is 2.33. The predicted octanol–water partition coefficient (Wildman–Crippen LogP) is 2.80. The smallest absolute Gasteiger partial charge is 0.257 e. The summed E-state index contributed by atoms with van der Waals surface area (Å²) in [5, 5.41) is 5.57. The van der Waals surface area contributed by atoms with Crippen LogP contribution in [0.5, 0.6) is 0 Å². The maximum atomic E-state index is 12.0. The average molecular weight is 322 g/mol. The lowest BCUT2D eigenvalue weighted by molar-refractivity contribution is -0.113. The van der Waals surface area contributed by atoms with E-state index >= 15 is 0 Å². The van der Waals surface area contributed by atoms with Gasteiger partial charge in [-0.1, -0.05) is 0 Å². The molecule has 0 saturated heterocycles. The van der Waals surface area contributed by atoms with Crippen LogP contribution in [-0.4, -0.2) is 22.6 Å². The summed E-state index contributed by atoms with van der Waals surface area (Å²) < 4.78 is 0. The van der Waals surface area contributed by atoms with Gasteiger partial charge in [0.05, 0.1) is 17.0 Å².